The molecule has 1 aliphatic rings. The van der Waals surface area contributed by atoms with Crippen molar-refractivity contribution in [2.75, 3.05) is 4.90 Å². The highest BCUT2D eigenvalue weighted by molar-refractivity contribution is 7.15. The quantitative estimate of drug-likeness (QED) is 0.883. The second-order valence-corrected chi connectivity index (χ2v) is 5.40. The molecule has 2 aromatic rings. The first kappa shape index (κ1) is 10.7. The van der Waals surface area contributed by atoms with Crippen LogP contribution in [0.3, 0.4) is 0 Å². The van der Waals surface area contributed by atoms with Gasteiger partial charge in [0.15, 0.2) is 5.13 Å². The summed E-state index contributed by atoms with van der Waals surface area (Å²) in [6.45, 7) is 4.55. The Kier molecular flexibility index (Phi) is 2.61. The van der Waals surface area contributed by atoms with Crippen LogP contribution in [0, 0.1) is 6.92 Å². The number of thiazole rings is 1. The molecule has 0 radical (unpaired) electrons. The van der Waals surface area contributed by atoms with Crippen LogP contribution < -0.4 is 10.6 Å². The number of fused-ring (bicyclic) bond motifs is 1. The molecule has 0 spiro atoms. The van der Waals surface area contributed by atoms with Crippen LogP contribution in [0.25, 0.3) is 0 Å². The predicted molar refractivity (Wildman–Crippen MR) is 71.1 cm³/mol. The summed E-state index contributed by atoms with van der Waals surface area (Å²) in [5.74, 6) is 0. The molecule has 0 saturated carbocycles. The first-order chi connectivity index (χ1) is 8.28. The number of anilines is 1. The maximum Gasteiger partial charge on any atom is 0.186 e. The summed E-state index contributed by atoms with van der Waals surface area (Å²) in [4.78, 5) is 8.12. The maximum absolute atomic E-state index is 5.70. The monoisotopic (exact) mass is 245 g/mol. The lowest BCUT2D eigenvalue weighted by atomic mass is 10.1. The van der Waals surface area contributed by atoms with Gasteiger partial charge in [0.1, 0.15) is 0 Å². The third kappa shape index (κ3) is 1.83. The third-order valence-electron chi connectivity index (χ3n) is 3.18. The van der Waals surface area contributed by atoms with Crippen molar-refractivity contribution >= 4 is 16.5 Å². The second kappa shape index (κ2) is 4.13. The molecule has 0 fully saturated rings. The standard InChI is InChI=1S/C13H15N3S/c1-9-12(6-14)17-13(15-9)16-7-10-4-2-3-5-11(10)8-16/h2-5H,6-8,14H2,1H3. The van der Waals surface area contributed by atoms with Crippen molar-refractivity contribution in [2.24, 2.45) is 5.73 Å². The molecule has 0 bridgehead atoms. The fourth-order valence-electron chi connectivity index (χ4n) is 2.21. The first-order valence-electron chi connectivity index (χ1n) is 5.76. The van der Waals surface area contributed by atoms with Crippen LogP contribution in [0.4, 0.5) is 5.13 Å². The molecule has 3 nitrogen and oxygen atoms in total. The maximum atomic E-state index is 5.70. The van der Waals surface area contributed by atoms with Crippen molar-refractivity contribution in [2.45, 2.75) is 26.6 Å². The van der Waals surface area contributed by atoms with Gasteiger partial charge < -0.3 is 10.6 Å². The number of hydrogen-bond donors (Lipinski definition) is 1. The van der Waals surface area contributed by atoms with Crippen molar-refractivity contribution in [1.82, 2.24) is 4.98 Å². The summed E-state index contributed by atoms with van der Waals surface area (Å²) in [7, 11) is 0. The van der Waals surface area contributed by atoms with Crippen molar-refractivity contribution in [1.29, 1.82) is 0 Å². The largest absolute Gasteiger partial charge is 0.339 e. The van der Waals surface area contributed by atoms with E-state index >= 15 is 0 Å². The molecular formula is C13H15N3S. The molecule has 1 aromatic carbocycles. The molecule has 4 heteroatoms. The average Bonchev–Trinajstić information content (AvgIpc) is 2.91. The van der Waals surface area contributed by atoms with Gasteiger partial charge in [0.2, 0.25) is 0 Å². The molecule has 88 valence electrons. The Morgan fingerprint density at radius 2 is 1.94 bits per heavy atom. The number of nitrogens with two attached hydrogens (primary N) is 1. The van der Waals surface area contributed by atoms with E-state index in [-0.39, 0.29) is 0 Å². The Balaban J connectivity index is 1.88. The third-order valence-corrected chi connectivity index (χ3v) is 4.42. The van der Waals surface area contributed by atoms with Gasteiger partial charge in [0.25, 0.3) is 0 Å². The second-order valence-electron chi connectivity index (χ2n) is 4.33. The molecule has 1 aliphatic heterocycles. The summed E-state index contributed by atoms with van der Waals surface area (Å²) in [5.41, 5.74) is 9.59. The molecule has 1 aromatic heterocycles. The molecule has 0 saturated heterocycles. The van der Waals surface area contributed by atoms with E-state index in [1.165, 1.54) is 16.0 Å². The molecular weight excluding hydrogens is 230 g/mol. The number of benzene rings is 1. The molecule has 17 heavy (non-hydrogen) atoms. The SMILES string of the molecule is Cc1nc(N2Cc3ccccc3C2)sc1CN. The number of nitrogens with zero attached hydrogens (tertiary/aromatic N) is 2. The minimum atomic E-state index is 0.588. The number of hydrogen-bond acceptors (Lipinski definition) is 4. The fourth-order valence-corrected chi connectivity index (χ4v) is 3.14. The number of aromatic nitrogens is 1. The lowest BCUT2D eigenvalue weighted by molar-refractivity contribution is 0.869. The molecule has 0 aliphatic carbocycles. The van der Waals surface area contributed by atoms with Gasteiger partial charge in [-0.1, -0.05) is 24.3 Å². The Hall–Kier alpha value is -1.39. The molecule has 3 rings (SSSR count). The molecule has 0 amide bonds. The summed E-state index contributed by atoms with van der Waals surface area (Å²) in [6, 6.07) is 8.58. The van der Waals surface area contributed by atoms with Crippen LogP contribution >= 0.6 is 11.3 Å². The molecule has 0 unspecified atom stereocenters. The smallest absolute Gasteiger partial charge is 0.186 e. The van der Waals surface area contributed by atoms with Crippen LogP contribution in [0.2, 0.25) is 0 Å². The fraction of sp³-hybridized carbons (Fsp3) is 0.308. The Bertz CT molecular complexity index is 522. The van der Waals surface area contributed by atoms with Gasteiger partial charge in [-0.05, 0) is 18.1 Å². The van der Waals surface area contributed by atoms with Crippen molar-refractivity contribution < 1.29 is 0 Å². The van der Waals surface area contributed by atoms with E-state index in [1.54, 1.807) is 11.3 Å². The van der Waals surface area contributed by atoms with Crippen LogP contribution in [-0.4, -0.2) is 4.98 Å². The highest BCUT2D eigenvalue weighted by Gasteiger charge is 2.21. The summed E-state index contributed by atoms with van der Waals surface area (Å²) in [6.07, 6.45) is 0. The summed E-state index contributed by atoms with van der Waals surface area (Å²) < 4.78 is 0. The Morgan fingerprint density at radius 1 is 1.29 bits per heavy atom. The van der Waals surface area contributed by atoms with Gasteiger partial charge >= 0.3 is 0 Å². The van der Waals surface area contributed by atoms with E-state index in [4.69, 9.17) is 5.73 Å². The zero-order valence-corrected chi connectivity index (χ0v) is 10.6. The molecule has 0 atom stereocenters. The first-order valence-corrected chi connectivity index (χ1v) is 6.57. The van der Waals surface area contributed by atoms with Crippen LogP contribution in [0.1, 0.15) is 21.7 Å². The van der Waals surface area contributed by atoms with Crippen LogP contribution in [-0.2, 0) is 19.6 Å². The minimum Gasteiger partial charge on any atom is -0.339 e. The summed E-state index contributed by atoms with van der Waals surface area (Å²) in [5, 5.41) is 1.10. The molecule has 2 N–H and O–H groups in total. The minimum absolute atomic E-state index is 0.588. The topological polar surface area (TPSA) is 42.2 Å². The highest BCUT2D eigenvalue weighted by atomic mass is 32.1. The van der Waals surface area contributed by atoms with E-state index in [9.17, 15) is 0 Å². The van der Waals surface area contributed by atoms with Gasteiger partial charge in [0, 0.05) is 24.5 Å². The van der Waals surface area contributed by atoms with Crippen molar-refractivity contribution in [3.63, 3.8) is 0 Å². The Morgan fingerprint density at radius 3 is 2.47 bits per heavy atom. The zero-order valence-electron chi connectivity index (χ0n) is 9.81. The van der Waals surface area contributed by atoms with Gasteiger partial charge in [-0.15, -0.1) is 11.3 Å². The van der Waals surface area contributed by atoms with E-state index in [0.29, 0.717) is 6.54 Å². The lowest BCUT2D eigenvalue weighted by Crippen LogP contribution is -2.13. The Labute approximate surface area is 105 Å². The number of rotatable bonds is 2. The van der Waals surface area contributed by atoms with E-state index in [2.05, 4.69) is 34.1 Å². The van der Waals surface area contributed by atoms with E-state index in [0.717, 1.165) is 23.9 Å². The van der Waals surface area contributed by atoms with Gasteiger partial charge in [-0.2, -0.15) is 0 Å². The predicted octanol–water partition coefficient (Wildman–Crippen LogP) is 2.43. The zero-order chi connectivity index (χ0) is 11.8. The highest BCUT2D eigenvalue weighted by Crippen LogP contribution is 2.32. The normalized spacial score (nSPS) is 14.1. The van der Waals surface area contributed by atoms with Gasteiger partial charge in [0.05, 0.1) is 5.69 Å². The van der Waals surface area contributed by atoms with Crippen molar-refractivity contribution in [3.05, 3.63) is 46.0 Å². The molecule has 2 heterocycles. The van der Waals surface area contributed by atoms with Gasteiger partial charge in [-0.3, -0.25) is 0 Å². The van der Waals surface area contributed by atoms with Gasteiger partial charge in [-0.25, -0.2) is 4.98 Å². The van der Waals surface area contributed by atoms with E-state index < -0.39 is 0 Å². The van der Waals surface area contributed by atoms with Crippen LogP contribution in [0.5, 0.6) is 0 Å². The summed E-state index contributed by atoms with van der Waals surface area (Å²) >= 11 is 1.72. The average molecular weight is 245 g/mol. The van der Waals surface area contributed by atoms with E-state index in [1.807, 2.05) is 6.92 Å². The van der Waals surface area contributed by atoms with Crippen molar-refractivity contribution in [3.8, 4) is 0 Å². The number of aryl methyl sites for hydroxylation is 1. The lowest BCUT2D eigenvalue weighted by Gasteiger charge is -2.12. The van der Waals surface area contributed by atoms with Crippen LogP contribution in [0.15, 0.2) is 24.3 Å².